The summed E-state index contributed by atoms with van der Waals surface area (Å²) in [5.74, 6) is 0.890. The Labute approximate surface area is 132 Å². The Morgan fingerprint density at radius 2 is 2.00 bits per heavy atom. The molecule has 1 atom stereocenters. The zero-order chi connectivity index (χ0) is 15.2. The van der Waals surface area contributed by atoms with E-state index in [0.29, 0.717) is 11.5 Å². The molecular weight excluding hydrogens is 314 g/mol. The molecule has 0 aliphatic rings. The molecule has 1 rings (SSSR count). The topological polar surface area (TPSA) is 21.3 Å². The highest BCUT2D eigenvalue weighted by Gasteiger charge is 2.27. The summed E-state index contributed by atoms with van der Waals surface area (Å²) in [4.78, 5) is 0. The lowest BCUT2D eigenvalue weighted by atomic mass is 9.79. The van der Waals surface area contributed by atoms with Gasteiger partial charge in [-0.05, 0) is 64.8 Å². The molecule has 0 aliphatic carbocycles. The maximum absolute atomic E-state index is 5.30. The van der Waals surface area contributed by atoms with Gasteiger partial charge in [0.05, 0.1) is 11.6 Å². The van der Waals surface area contributed by atoms with Crippen molar-refractivity contribution in [2.75, 3.05) is 13.7 Å². The summed E-state index contributed by atoms with van der Waals surface area (Å²) in [6.45, 7) is 10.3. The van der Waals surface area contributed by atoms with Crippen LogP contribution in [0.3, 0.4) is 0 Å². The molecule has 1 aromatic rings. The maximum Gasteiger partial charge on any atom is 0.133 e. The summed E-state index contributed by atoms with van der Waals surface area (Å²) in [5, 5.41) is 3.71. The number of methoxy groups -OCH3 is 1. The predicted molar refractivity (Wildman–Crippen MR) is 90.6 cm³/mol. The first-order chi connectivity index (χ1) is 9.44. The summed E-state index contributed by atoms with van der Waals surface area (Å²) in [5.41, 5.74) is 1.63. The third-order valence-electron chi connectivity index (χ3n) is 4.15. The standard InChI is InChI=1S/C17H28BrNO/c1-6-10-19-16(17(3,4)7-2)12-13-8-9-15(20-5)14(18)11-13/h8-9,11,16,19H,6-7,10,12H2,1-5H3. The van der Waals surface area contributed by atoms with Gasteiger partial charge in [0, 0.05) is 6.04 Å². The molecule has 0 bridgehead atoms. The van der Waals surface area contributed by atoms with Gasteiger partial charge in [0.2, 0.25) is 0 Å². The summed E-state index contributed by atoms with van der Waals surface area (Å²) in [6.07, 6.45) is 3.39. The Hall–Kier alpha value is -0.540. The zero-order valence-corrected chi connectivity index (χ0v) is 15.0. The molecule has 3 heteroatoms. The summed E-state index contributed by atoms with van der Waals surface area (Å²) < 4.78 is 6.32. The van der Waals surface area contributed by atoms with E-state index in [1.807, 2.05) is 6.07 Å². The van der Waals surface area contributed by atoms with Crippen LogP contribution in [-0.4, -0.2) is 19.7 Å². The van der Waals surface area contributed by atoms with Gasteiger partial charge in [0.1, 0.15) is 5.75 Å². The first-order valence-corrected chi connectivity index (χ1v) is 8.29. The first kappa shape index (κ1) is 17.5. The third kappa shape index (κ3) is 4.78. The van der Waals surface area contributed by atoms with Gasteiger partial charge in [-0.25, -0.2) is 0 Å². The fourth-order valence-corrected chi connectivity index (χ4v) is 2.85. The van der Waals surface area contributed by atoms with E-state index in [-0.39, 0.29) is 0 Å². The minimum Gasteiger partial charge on any atom is -0.496 e. The Balaban J connectivity index is 2.86. The number of ether oxygens (including phenoxy) is 1. The number of halogens is 1. The Kier molecular flexibility index (Phi) is 7.04. The zero-order valence-electron chi connectivity index (χ0n) is 13.4. The molecule has 0 heterocycles. The van der Waals surface area contributed by atoms with E-state index in [2.05, 4.69) is 61.1 Å². The molecule has 0 aliphatic heterocycles. The van der Waals surface area contributed by atoms with Gasteiger partial charge >= 0.3 is 0 Å². The number of rotatable bonds is 8. The van der Waals surface area contributed by atoms with Crippen LogP contribution >= 0.6 is 15.9 Å². The minimum atomic E-state index is 0.293. The summed E-state index contributed by atoms with van der Waals surface area (Å²) in [7, 11) is 1.70. The first-order valence-electron chi connectivity index (χ1n) is 7.50. The van der Waals surface area contributed by atoms with Gasteiger partial charge in [0.25, 0.3) is 0 Å². The molecule has 0 aromatic heterocycles. The number of hydrogen-bond acceptors (Lipinski definition) is 2. The molecule has 1 unspecified atom stereocenters. The number of nitrogens with one attached hydrogen (secondary N) is 1. The van der Waals surface area contributed by atoms with Crippen LogP contribution < -0.4 is 10.1 Å². The Morgan fingerprint density at radius 1 is 1.30 bits per heavy atom. The maximum atomic E-state index is 5.30. The quantitative estimate of drug-likeness (QED) is 0.732. The van der Waals surface area contributed by atoms with Crippen molar-refractivity contribution in [3.8, 4) is 5.75 Å². The van der Waals surface area contributed by atoms with Crippen LogP contribution in [0.5, 0.6) is 5.75 Å². The van der Waals surface area contributed by atoms with Crippen LogP contribution in [0.1, 0.15) is 46.1 Å². The molecule has 0 amide bonds. The van der Waals surface area contributed by atoms with Crippen molar-refractivity contribution in [1.82, 2.24) is 5.32 Å². The van der Waals surface area contributed by atoms with E-state index in [1.54, 1.807) is 7.11 Å². The van der Waals surface area contributed by atoms with Crippen molar-refractivity contribution < 1.29 is 4.74 Å². The normalized spacial score (nSPS) is 13.3. The number of benzene rings is 1. The van der Waals surface area contributed by atoms with Crippen molar-refractivity contribution >= 4 is 15.9 Å². The highest BCUT2D eigenvalue weighted by Crippen LogP contribution is 2.30. The highest BCUT2D eigenvalue weighted by molar-refractivity contribution is 9.10. The van der Waals surface area contributed by atoms with Gasteiger partial charge < -0.3 is 10.1 Å². The molecule has 2 nitrogen and oxygen atoms in total. The van der Waals surface area contributed by atoms with Crippen molar-refractivity contribution in [1.29, 1.82) is 0 Å². The van der Waals surface area contributed by atoms with Crippen LogP contribution in [0.25, 0.3) is 0 Å². The fraction of sp³-hybridized carbons (Fsp3) is 0.647. The third-order valence-corrected chi connectivity index (χ3v) is 4.77. The smallest absolute Gasteiger partial charge is 0.133 e. The lowest BCUT2D eigenvalue weighted by Crippen LogP contribution is -2.43. The lowest BCUT2D eigenvalue weighted by molar-refractivity contribution is 0.230. The van der Waals surface area contributed by atoms with Gasteiger partial charge in [-0.2, -0.15) is 0 Å². The van der Waals surface area contributed by atoms with E-state index in [4.69, 9.17) is 4.74 Å². The fourth-order valence-electron chi connectivity index (χ4n) is 2.26. The lowest BCUT2D eigenvalue weighted by Gasteiger charge is -2.34. The molecule has 0 radical (unpaired) electrons. The largest absolute Gasteiger partial charge is 0.496 e. The van der Waals surface area contributed by atoms with Gasteiger partial charge in [-0.1, -0.05) is 33.8 Å². The van der Waals surface area contributed by atoms with Crippen molar-refractivity contribution in [3.63, 3.8) is 0 Å². The monoisotopic (exact) mass is 341 g/mol. The average molecular weight is 342 g/mol. The highest BCUT2D eigenvalue weighted by atomic mass is 79.9. The number of hydrogen-bond donors (Lipinski definition) is 1. The molecule has 0 saturated carbocycles. The van der Waals surface area contributed by atoms with E-state index in [1.165, 1.54) is 18.4 Å². The van der Waals surface area contributed by atoms with Gasteiger partial charge in [-0.15, -0.1) is 0 Å². The summed E-state index contributed by atoms with van der Waals surface area (Å²) in [6, 6.07) is 6.86. The molecule has 114 valence electrons. The molecule has 0 spiro atoms. The van der Waals surface area contributed by atoms with Crippen molar-refractivity contribution in [3.05, 3.63) is 28.2 Å². The molecule has 0 saturated heterocycles. The second-order valence-corrected chi connectivity index (χ2v) is 6.88. The van der Waals surface area contributed by atoms with Crippen LogP contribution in [0.15, 0.2) is 22.7 Å². The summed E-state index contributed by atoms with van der Waals surface area (Å²) >= 11 is 3.57. The van der Waals surface area contributed by atoms with E-state index in [0.717, 1.165) is 23.2 Å². The van der Waals surface area contributed by atoms with Gasteiger partial charge in [0.15, 0.2) is 0 Å². The van der Waals surface area contributed by atoms with Crippen LogP contribution in [-0.2, 0) is 6.42 Å². The van der Waals surface area contributed by atoms with Crippen molar-refractivity contribution in [2.45, 2.75) is 53.0 Å². The second-order valence-electron chi connectivity index (χ2n) is 6.02. The minimum absolute atomic E-state index is 0.293. The predicted octanol–water partition coefficient (Wildman–Crippen LogP) is 4.80. The molecule has 0 fully saturated rings. The van der Waals surface area contributed by atoms with Gasteiger partial charge in [-0.3, -0.25) is 0 Å². The molecule has 20 heavy (non-hydrogen) atoms. The second kappa shape index (κ2) is 8.04. The molecule has 1 N–H and O–H groups in total. The molecule has 1 aromatic carbocycles. The van der Waals surface area contributed by atoms with E-state index >= 15 is 0 Å². The van der Waals surface area contributed by atoms with Crippen LogP contribution in [0.4, 0.5) is 0 Å². The Bertz CT molecular complexity index is 417. The van der Waals surface area contributed by atoms with Crippen LogP contribution in [0.2, 0.25) is 0 Å². The average Bonchev–Trinajstić information content (AvgIpc) is 2.43. The van der Waals surface area contributed by atoms with E-state index < -0.39 is 0 Å². The van der Waals surface area contributed by atoms with Crippen molar-refractivity contribution in [2.24, 2.45) is 5.41 Å². The molecular formula is C17H28BrNO. The SMILES string of the molecule is CCCNC(Cc1ccc(OC)c(Br)c1)C(C)(C)CC. The van der Waals surface area contributed by atoms with E-state index in [9.17, 15) is 0 Å². The van der Waals surface area contributed by atoms with Crippen LogP contribution in [0, 0.1) is 5.41 Å². The Morgan fingerprint density at radius 3 is 2.50 bits per heavy atom.